The van der Waals surface area contributed by atoms with Crippen molar-refractivity contribution in [2.24, 2.45) is 5.92 Å². The molecular formula is C21H26F2N3O+. The molecule has 0 aromatic heterocycles. The second-order valence-corrected chi connectivity index (χ2v) is 7.35. The minimum atomic E-state index is -0.802. The van der Waals surface area contributed by atoms with Gasteiger partial charge in [0.05, 0.1) is 5.69 Å². The number of piperidine rings is 1. The molecule has 1 heterocycles. The zero-order valence-electron chi connectivity index (χ0n) is 15.6. The molecule has 1 aliphatic heterocycles. The van der Waals surface area contributed by atoms with E-state index in [1.54, 1.807) is 6.07 Å². The fourth-order valence-electron chi connectivity index (χ4n) is 3.86. The van der Waals surface area contributed by atoms with Crippen molar-refractivity contribution in [3.05, 3.63) is 64.7 Å². The molecule has 2 aromatic carbocycles. The van der Waals surface area contributed by atoms with Gasteiger partial charge in [-0.15, -0.1) is 0 Å². The van der Waals surface area contributed by atoms with Crippen LogP contribution in [-0.2, 0) is 13.0 Å². The van der Waals surface area contributed by atoms with Crippen LogP contribution in [-0.4, -0.2) is 24.0 Å². The summed E-state index contributed by atoms with van der Waals surface area (Å²) in [5, 5.41) is 2.81. The van der Waals surface area contributed by atoms with Crippen LogP contribution >= 0.6 is 0 Å². The smallest absolute Gasteiger partial charge is 0.299 e. The van der Waals surface area contributed by atoms with E-state index in [2.05, 4.69) is 16.0 Å². The van der Waals surface area contributed by atoms with Crippen molar-refractivity contribution < 1.29 is 19.3 Å². The standard InChI is InChI=1S/C21H25F2N3O/c1-14-4-2-6-20(25-21(24)27)17(14)13-26-9-3-5-16(12-26)10-15-7-8-18(22)19(23)11-15/h2,4,6-8,11,16H,3,5,9-10,12-13H2,1H3,(H3,24,25,27)/p+1. The van der Waals surface area contributed by atoms with E-state index >= 15 is 0 Å². The van der Waals surface area contributed by atoms with E-state index in [-0.39, 0.29) is 6.03 Å². The highest BCUT2D eigenvalue weighted by Crippen LogP contribution is 2.26. The van der Waals surface area contributed by atoms with Gasteiger partial charge in [-0.25, -0.2) is 13.6 Å². The Balaban J connectivity index is 1.68. The number of hydrogen-bond acceptors (Lipinski definition) is 2. The second-order valence-electron chi connectivity index (χ2n) is 7.35. The van der Waals surface area contributed by atoms with Gasteiger partial charge in [0.1, 0.15) is 0 Å². The van der Waals surface area contributed by atoms with Crippen LogP contribution in [0.2, 0.25) is 0 Å². The predicted octanol–water partition coefficient (Wildman–Crippen LogP) is 3.50. The molecule has 6 heteroatoms. The number of urea groups is 1. The van der Waals surface area contributed by atoms with Crippen LogP contribution in [0.15, 0.2) is 36.4 Å². The van der Waals surface area contributed by atoms with Crippen LogP contribution in [0.5, 0.6) is 0 Å². The van der Waals surface area contributed by atoms with Crippen LogP contribution in [0.3, 0.4) is 0 Å². The van der Waals surface area contributed by atoms with Crippen molar-refractivity contribution in [1.82, 2.24) is 4.90 Å². The summed E-state index contributed by atoms with van der Waals surface area (Å²) in [5.41, 5.74) is 7.27. The molecule has 1 aliphatic rings. The van der Waals surface area contributed by atoms with Gasteiger partial charge in [-0.3, -0.25) is 16.0 Å². The largest absolute Gasteiger partial charge is 0.416 e. The molecule has 4 N–H and O–H groups in total. The molecular weight excluding hydrogens is 348 g/mol. The zero-order chi connectivity index (χ0) is 19.4. The molecule has 0 bridgehead atoms. The van der Waals surface area contributed by atoms with Crippen LogP contribution in [0, 0.1) is 24.5 Å². The molecule has 3 rings (SSSR count). The van der Waals surface area contributed by atoms with Crippen molar-refractivity contribution >= 4 is 11.7 Å². The number of quaternary nitrogens is 1. The quantitative estimate of drug-likeness (QED) is 0.841. The minimum Gasteiger partial charge on any atom is -0.299 e. The number of benzene rings is 2. The van der Waals surface area contributed by atoms with Crippen molar-refractivity contribution in [2.75, 3.05) is 18.4 Å². The molecule has 1 atom stereocenters. The fourth-order valence-corrected chi connectivity index (χ4v) is 3.86. The summed E-state index contributed by atoms with van der Waals surface area (Å²) in [6.07, 6.45) is 2.88. The summed E-state index contributed by atoms with van der Waals surface area (Å²) in [7, 11) is 0. The Hall–Kier alpha value is -2.31. The Kier molecular flexibility index (Phi) is 6.19. The maximum Gasteiger partial charge on any atom is 0.416 e. The highest BCUT2D eigenvalue weighted by molar-refractivity contribution is 5.82. The number of carbonyl (C=O) groups excluding carboxylic acids is 1. The summed E-state index contributed by atoms with van der Waals surface area (Å²) in [6, 6.07) is 9.71. The SMILES string of the molecule is Cc1cccc(NC([NH3+])=O)c1CN1CCCC(Cc2ccc(F)c(F)c2)C1. The number of rotatable bonds is 5. The van der Waals surface area contributed by atoms with Gasteiger partial charge in [-0.1, -0.05) is 18.2 Å². The van der Waals surface area contributed by atoms with Crippen LogP contribution in [0.1, 0.15) is 29.5 Å². The third-order valence-electron chi connectivity index (χ3n) is 5.18. The van der Waals surface area contributed by atoms with Crippen molar-refractivity contribution in [1.29, 1.82) is 0 Å². The van der Waals surface area contributed by atoms with Crippen molar-refractivity contribution in [2.45, 2.75) is 32.7 Å². The highest BCUT2D eigenvalue weighted by atomic mass is 19.2. The van der Waals surface area contributed by atoms with Gasteiger partial charge in [-0.2, -0.15) is 0 Å². The number of amides is 2. The Morgan fingerprint density at radius 2 is 2.07 bits per heavy atom. The van der Waals surface area contributed by atoms with Crippen molar-refractivity contribution in [3.8, 4) is 0 Å². The molecule has 2 amide bonds. The predicted molar refractivity (Wildman–Crippen MR) is 101 cm³/mol. The molecule has 2 aromatic rings. The molecule has 144 valence electrons. The van der Waals surface area contributed by atoms with E-state index in [0.29, 0.717) is 5.92 Å². The normalized spacial score (nSPS) is 17.7. The second kappa shape index (κ2) is 8.59. The molecule has 0 spiro atoms. The average Bonchev–Trinajstić information content (AvgIpc) is 2.61. The minimum absolute atomic E-state index is 0.322. The lowest BCUT2D eigenvalue weighted by atomic mass is 9.90. The number of nitrogens with one attached hydrogen (secondary N) is 1. The Morgan fingerprint density at radius 3 is 2.81 bits per heavy atom. The maximum absolute atomic E-state index is 13.5. The summed E-state index contributed by atoms with van der Waals surface area (Å²) in [4.78, 5) is 13.8. The molecule has 1 fully saturated rings. The molecule has 0 saturated carbocycles. The molecule has 0 aliphatic carbocycles. The molecule has 1 saturated heterocycles. The monoisotopic (exact) mass is 374 g/mol. The van der Waals surface area contributed by atoms with Gasteiger partial charge in [0.2, 0.25) is 0 Å². The van der Waals surface area contributed by atoms with E-state index in [4.69, 9.17) is 0 Å². The van der Waals surface area contributed by atoms with Gasteiger partial charge < -0.3 is 0 Å². The topological polar surface area (TPSA) is 60.0 Å². The first-order chi connectivity index (χ1) is 12.9. The van der Waals surface area contributed by atoms with E-state index in [0.717, 1.165) is 61.3 Å². The lowest BCUT2D eigenvalue weighted by Crippen LogP contribution is -2.59. The lowest BCUT2D eigenvalue weighted by molar-refractivity contribution is -0.242. The lowest BCUT2D eigenvalue weighted by Gasteiger charge is -2.33. The number of anilines is 1. The summed E-state index contributed by atoms with van der Waals surface area (Å²) < 4.78 is 26.6. The van der Waals surface area contributed by atoms with Crippen molar-refractivity contribution in [3.63, 3.8) is 0 Å². The number of likely N-dealkylation sites (tertiary alicyclic amines) is 1. The van der Waals surface area contributed by atoms with Crippen LogP contribution < -0.4 is 11.1 Å². The maximum atomic E-state index is 13.5. The average molecular weight is 374 g/mol. The summed E-state index contributed by atoms with van der Waals surface area (Å²) >= 11 is 0. The molecule has 4 nitrogen and oxygen atoms in total. The van der Waals surface area contributed by atoms with E-state index in [1.807, 2.05) is 25.1 Å². The first kappa shape index (κ1) is 19.5. The van der Waals surface area contributed by atoms with Gasteiger partial charge in [0.25, 0.3) is 0 Å². The van der Waals surface area contributed by atoms with Gasteiger partial charge in [0, 0.05) is 13.1 Å². The Labute approximate surface area is 158 Å². The number of carbonyl (C=O) groups is 1. The first-order valence-electron chi connectivity index (χ1n) is 9.30. The summed E-state index contributed by atoms with van der Waals surface area (Å²) in [5.74, 6) is -1.18. The first-order valence-corrected chi connectivity index (χ1v) is 9.30. The van der Waals surface area contributed by atoms with E-state index in [9.17, 15) is 13.6 Å². The summed E-state index contributed by atoms with van der Waals surface area (Å²) in [6.45, 7) is 4.67. The van der Waals surface area contributed by atoms with Crippen LogP contribution in [0.25, 0.3) is 0 Å². The number of nitrogens with zero attached hydrogens (tertiary/aromatic N) is 1. The van der Waals surface area contributed by atoms with Gasteiger partial charge >= 0.3 is 6.03 Å². The third kappa shape index (κ3) is 5.11. The fraction of sp³-hybridized carbons (Fsp3) is 0.381. The molecule has 27 heavy (non-hydrogen) atoms. The Bertz CT molecular complexity index is 825. The van der Waals surface area contributed by atoms with E-state index < -0.39 is 11.6 Å². The van der Waals surface area contributed by atoms with Crippen LogP contribution in [0.4, 0.5) is 19.3 Å². The highest BCUT2D eigenvalue weighted by Gasteiger charge is 2.22. The van der Waals surface area contributed by atoms with Gasteiger partial charge in [0.15, 0.2) is 11.6 Å². The van der Waals surface area contributed by atoms with Gasteiger partial charge in [-0.05, 0) is 73.5 Å². The number of halogens is 2. The number of aryl methyl sites for hydroxylation is 1. The van der Waals surface area contributed by atoms with E-state index in [1.165, 1.54) is 12.1 Å². The Morgan fingerprint density at radius 1 is 1.26 bits per heavy atom. The zero-order valence-corrected chi connectivity index (χ0v) is 15.6. The number of hydrogen-bond donors (Lipinski definition) is 2. The third-order valence-corrected chi connectivity index (χ3v) is 5.18. The molecule has 0 radical (unpaired) electrons. The molecule has 1 unspecified atom stereocenters.